The van der Waals surface area contributed by atoms with Crippen molar-refractivity contribution in [3.05, 3.63) is 30.0 Å². The number of hydrogen-bond donors (Lipinski definition) is 1. The molecule has 3 rings (SSSR count). The van der Waals surface area contributed by atoms with E-state index >= 15 is 0 Å². The van der Waals surface area contributed by atoms with Gasteiger partial charge < -0.3 is 5.32 Å². The van der Waals surface area contributed by atoms with Gasteiger partial charge in [-0.05, 0) is 24.8 Å². The van der Waals surface area contributed by atoms with Gasteiger partial charge in [-0.25, -0.2) is 0 Å². The fourth-order valence-corrected chi connectivity index (χ4v) is 3.24. The van der Waals surface area contributed by atoms with E-state index in [1.165, 1.54) is 25.7 Å². The van der Waals surface area contributed by atoms with Gasteiger partial charge in [0.2, 0.25) is 5.91 Å². The third-order valence-corrected chi connectivity index (χ3v) is 4.41. The van der Waals surface area contributed by atoms with Crippen LogP contribution in [0.1, 0.15) is 44.1 Å². The Bertz CT molecular complexity index is 642. The van der Waals surface area contributed by atoms with Gasteiger partial charge >= 0.3 is 0 Å². The molecule has 1 amide bonds. The van der Waals surface area contributed by atoms with Crippen LogP contribution < -0.4 is 5.32 Å². The normalized spacial score (nSPS) is 15.5. The van der Waals surface area contributed by atoms with E-state index in [1.807, 2.05) is 25.1 Å². The molecule has 0 atom stereocenters. The molecule has 0 bridgehead atoms. The number of carbonyl (C=O) groups is 1. The highest BCUT2D eigenvalue weighted by Gasteiger charge is 2.17. The minimum absolute atomic E-state index is 0.0481. The lowest BCUT2D eigenvalue weighted by molar-refractivity contribution is -0.116. The molecule has 1 aliphatic carbocycles. The summed E-state index contributed by atoms with van der Waals surface area (Å²) < 4.78 is 0. The van der Waals surface area contributed by atoms with Gasteiger partial charge in [0, 0.05) is 17.2 Å². The number of carbonyl (C=O) groups excluding carboxylic acids is 1. The van der Waals surface area contributed by atoms with Crippen LogP contribution in [0.25, 0.3) is 10.8 Å². The van der Waals surface area contributed by atoms with Crippen molar-refractivity contribution in [2.75, 3.05) is 5.32 Å². The average molecular weight is 283 g/mol. The van der Waals surface area contributed by atoms with E-state index < -0.39 is 0 Å². The topological polar surface area (TPSA) is 54.9 Å². The Morgan fingerprint density at radius 1 is 1.33 bits per heavy atom. The summed E-state index contributed by atoms with van der Waals surface area (Å²) in [7, 11) is 0. The number of nitrogens with one attached hydrogen (secondary N) is 1. The van der Waals surface area contributed by atoms with Gasteiger partial charge in [0.25, 0.3) is 0 Å². The Hall–Kier alpha value is -1.97. The van der Waals surface area contributed by atoms with Gasteiger partial charge in [0.05, 0.1) is 6.20 Å². The van der Waals surface area contributed by atoms with Gasteiger partial charge in [0.15, 0.2) is 5.82 Å². The lowest BCUT2D eigenvalue weighted by Crippen LogP contribution is -2.14. The van der Waals surface area contributed by atoms with Gasteiger partial charge in [0.1, 0.15) is 0 Å². The largest absolute Gasteiger partial charge is 0.309 e. The summed E-state index contributed by atoms with van der Waals surface area (Å²) in [6.45, 7) is 2.03. The zero-order valence-corrected chi connectivity index (χ0v) is 12.4. The Kier molecular flexibility index (Phi) is 4.13. The first-order chi connectivity index (χ1) is 10.2. The van der Waals surface area contributed by atoms with Crippen LogP contribution in [0.4, 0.5) is 5.82 Å². The maximum absolute atomic E-state index is 12.1. The van der Waals surface area contributed by atoms with Crippen molar-refractivity contribution in [1.29, 1.82) is 0 Å². The number of amides is 1. The fraction of sp³-hybridized carbons (Fsp3) is 0.471. The van der Waals surface area contributed by atoms with Crippen LogP contribution in [-0.4, -0.2) is 16.1 Å². The Morgan fingerprint density at radius 2 is 2.14 bits per heavy atom. The van der Waals surface area contributed by atoms with Crippen LogP contribution in [0, 0.1) is 12.8 Å². The maximum Gasteiger partial charge on any atom is 0.225 e. The average Bonchev–Trinajstić information content (AvgIpc) is 2.99. The SMILES string of the molecule is Cc1cccc2cnnc(NC(=O)CCC3CCCC3)c12. The molecule has 0 aliphatic heterocycles. The van der Waals surface area contributed by atoms with Crippen molar-refractivity contribution in [3.63, 3.8) is 0 Å². The number of nitrogens with zero attached hydrogens (tertiary/aromatic N) is 2. The van der Waals surface area contributed by atoms with E-state index in [-0.39, 0.29) is 5.91 Å². The Labute approximate surface area is 125 Å². The molecule has 21 heavy (non-hydrogen) atoms. The molecule has 1 aromatic heterocycles. The Morgan fingerprint density at radius 3 is 2.95 bits per heavy atom. The standard InChI is InChI=1S/C17H21N3O/c1-12-5-4-8-14-11-18-20-17(16(12)14)19-15(21)10-9-13-6-2-3-7-13/h4-5,8,11,13H,2-3,6-7,9-10H2,1H3,(H,19,20,21). The van der Waals surface area contributed by atoms with E-state index in [0.717, 1.165) is 28.7 Å². The summed E-state index contributed by atoms with van der Waals surface area (Å²) >= 11 is 0. The lowest BCUT2D eigenvalue weighted by Gasteiger charge is -2.10. The third kappa shape index (κ3) is 3.20. The number of hydrogen-bond acceptors (Lipinski definition) is 3. The maximum atomic E-state index is 12.1. The van der Waals surface area contributed by atoms with Crippen molar-refractivity contribution in [2.24, 2.45) is 5.92 Å². The molecule has 1 fully saturated rings. The summed E-state index contributed by atoms with van der Waals surface area (Å²) in [5.41, 5.74) is 1.11. The van der Waals surface area contributed by atoms with Crippen molar-refractivity contribution in [1.82, 2.24) is 10.2 Å². The van der Waals surface area contributed by atoms with E-state index in [4.69, 9.17) is 0 Å². The molecule has 1 aromatic carbocycles. The molecule has 4 heteroatoms. The summed E-state index contributed by atoms with van der Waals surface area (Å²) in [6.07, 6.45) is 8.50. The minimum atomic E-state index is 0.0481. The molecule has 0 saturated heterocycles. The first kappa shape index (κ1) is 14.0. The predicted octanol–water partition coefficient (Wildman–Crippen LogP) is 3.85. The molecule has 1 N–H and O–H groups in total. The lowest BCUT2D eigenvalue weighted by atomic mass is 10.0. The predicted molar refractivity (Wildman–Crippen MR) is 84.1 cm³/mol. The Balaban J connectivity index is 1.70. The highest BCUT2D eigenvalue weighted by molar-refractivity contribution is 6.01. The molecule has 1 saturated carbocycles. The van der Waals surface area contributed by atoms with Crippen LogP contribution in [0.15, 0.2) is 24.4 Å². The van der Waals surface area contributed by atoms with Crippen molar-refractivity contribution < 1.29 is 4.79 Å². The number of aryl methyl sites for hydroxylation is 1. The van der Waals surface area contributed by atoms with Crippen LogP contribution >= 0.6 is 0 Å². The van der Waals surface area contributed by atoms with Crippen molar-refractivity contribution >= 4 is 22.5 Å². The summed E-state index contributed by atoms with van der Waals surface area (Å²) in [4.78, 5) is 12.1. The molecule has 0 spiro atoms. The molecular weight excluding hydrogens is 262 g/mol. The second-order valence-electron chi connectivity index (χ2n) is 5.97. The summed E-state index contributed by atoms with van der Waals surface area (Å²) in [6, 6.07) is 6.01. The minimum Gasteiger partial charge on any atom is -0.309 e. The zero-order valence-electron chi connectivity index (χ0n) is 12.4. The molecule has 0 unspecified atom stereocenters. The first-order valence-electron chi connectivity index (χ1n) is 7.75. The number of fused-ring (bicyclic) bond motifs is 1. The van der Waals surface area contributed by atoms with E-state index in [1.54, 1.807) is 6.20 Å². The monoisotopic (exact) mass is 283 g/mol. The van der Waals surface area contributed by atoms with Crippen molar-refractivity contribution in [3.8, 4) is 0 Å². The van der Waals surface area contributed by atoms with Crippen LogP contribution in [-0.2, 0) is 4.79 Å². The number of benzene rings is 1. The zero-order chi connectivity index (χ0) is 14.7. The molecular formula is C17H21N3O. The number of rotatable bonds is 4. The second kappa shape index (κ2) is 6.20. The number of aromatic nitrogens is 2. The fourth-order valence-electron chi connectivity index (χ4n) is 3.24. The molecule has 1 aliphatic rings. The van der Waals surface area contributed by atoms with Crippen molar-refractivity contribution in [2.45, 2.75) is 45.4 Å². The summed E-state index contributed by atoms with van der Waals surface area (Å²) in [5, 5.41) is 13.0. The van der Waals surface area contributed by atoms with E-state index in [2.05, 4.69) is 15.5 Å². The molecule has 4 nitrogen and oxygen atoms in total. The van der Waals surface area contributed by atoms with Gasteiger partial charge in [-0.1, -0.05) is 43.9 Å². The quantitative estimate of drug-likeness (QED) is 0.927. The van der Waals surface area contributed by atoms with Gasteiger partial charge in [-0.15, -0.1) is 5.10 Å². The number of anilines is 1. The molecule has 2 aromatic rings. The molecule has 1 heterocycles. The van der Waals surface area contributed by atoms with E-state index in [0.29, 0.717) is 12.2 Å². The van der Waals surface area contributed by atoms with Crippen LogP contribution in [0.3, 0.4) is 0 Å². The van der Waals surface area contributed by atoms with Crippen LogP contribution in [0.2, 0.25) is 0 Å². The second-order valence-corrected chi connectivity index (χ2v) is 5.97. The highest BCUT2D eigenvalue weighted by Crippen LogP contribution is 2.29. The molecule has 0 radical (unpaired) electrons. The van der Waals surface area contributed by atoms with Gasteiger partial charge in [-0.2, -0.15) is 5.10 Å². The summed E-state index contributed by atoms with van der Waals surface area (Å²) in [5.74, 6) is 1.37. The van der Waals surface area contributed by atoms with E-state index in [9.17, 15) is 4.79 Å². The highest BCUT2D eigenvalue weighted by atomic mass is 16.1. The molecule has 110 valence electrons. The first-order valence-corrected chi connectivity index (χ1v) is 7.75. The smallest absolute Gasteiger partial charge is 0.225 e. The van der Waals surface area contributed by atoms with Gasteiger partial charge in [-0.3, -0.25) is 4.79 Å². The van der Waals surface area contributed by atoms with Crippen LogP contribution in [0.5, 0.6) is 0 Å². The third-order valence-electron chi connectivity index (χ3n) is 4.41.